The highest BCUT2D eigenvalue weighted by Crippen LogP contribution is 2.27. The maximum absolute atomic E-state index is 5.55. The Labute approximate surface area is 81.8 Å². The Hall–Kier alpha value is -1.30. The minimum Gasteiger partial charge on any atom is -0.390 e. The van der Waals surface area contributed by atoms with Crippen LogP contribution in [0.4, 0.5) is 12.0 Å². The number of rotatable bonds is 2. The van der Waals surface area contributed by atoms with Crippen molar-refractivity contribution in [3.63, 3.8) is 0 Å². The van der Waals surface area contributed by atoms with Crippen LogP contribution in [0.2, 0.25) is 0 Å². The molecule has 0 radical (unpaired) electrons. The van der Waals surface area contributed by atoms with Gasteiger partial charge in [0.1, 0.15) is 0 Å². The van der Waals surface area contributed by atoms with E-state index >= 15 is 0 Å². The van der Waals surface area contributed by atoms with Gasteiger partial charge in [-0.05, 0) is 20.3 Å². The molecule has 0 aromatic carbocycles. The van der Waals surface area contributed by atoms with Crippen molar-refractivity contribution in [3.05, 3.63) is 0 Å². The quantitative estimate of drug-likeness (QED) is 0.724. The summed E-state index contributed by atoms with van der Waals surface area (Å²) in [6.45, 7) is 4.79. The molecular weight excluding hydrogens is 184 g/mol. The Kier molecular flexibility index (Phi) is 2.07. The molecule has 2 heterocycles. The monoisotopic (exact) mass is 198 g/mol. The number of anilines is 2. The molecule has 2 rings (SSSR count). The third-order valence-corrected chi connectivity index (χ3v) is 2.46. The SMILES string of the molecule is CC1(C)OCCC1Nc1nnc(N)o1. The van der Waals surface area contributed by atoms with Gasteiger partial charge in [0.2, 0.25) is 0 Å². The van der Waals surface area contributed by atoms with E-state index in [1.54, 1.807) is 0 Å². The molecule has 1 unspecified atom stereocenters. The van der Waals surface area contributed by atoms with E-state index in [9.17, 15) is 0 Å². The summed E-state index contributed by atoms with van der Waals surface area (Å²) in [6, 6.07) is 0.609. The minimum absolute atomic E-state index is 0.0734. The van der Waals surface area contributed by atoms with Crippen LogP contribution in [-0.2, 0) is 4.74 Å². The van der Waals surface area contributed by atoms with Gasteiger partial charge in [0.15, 0.2) is 0 Å². The Morgan fingerprint density at radius 3 is 2.79 bits per heavy atom. The van der Waals surface area contributed by atoms with Crippen LogP contribution in [0, 0.1) is 0 Å². The number of hydrogen-bond donors (Lipinski definition) is 2. The first kappa shape index (κ1) is 9.26. The van der Waals surface area contributed by atoms with Crippen molar-refractivity contribution in [1.29, 1.82) is 0 Å². The van der Waals surface area contributed by atoms with E-state index in [4.69, 9.17) is 14.9 Å². The Bertz CT molecular complexity index is 323. The fourth-order valence-electron chi connectivity index (χ4n) is 1.58. The van der Waals surface area contributed by atoms with Crippen molar-refractivity contribution in [3.8, 4) is 0 Å². The lowest BCUT2D eigenvalue weighted by Gasteiger charge is -2.25. The predicted octanol–water partition coefficient (Wildman–Crippen LogP) is 0.631. The Morgan fingerprint density at radius 2 is 2.29 bits per heavy atom. The third kappa shape index (κ3) is 1.65. The Balaban J connectivity index is 2.04. The summed E-state index contributed by atoms with van der Waals surface area (Å²) in [5.41, 5.74) is 5.10. The molecule has 1 aliphatic rings. The fraction of sp³-hybridized carbons (Fsp3) is 0.750. The molecule has 0 spiro atoms. The van der Waals surface area contributed by atoms with Gasteiger partial charge in [-0.1, -0.05) is 10.2 Å². The fourth-order valence-corrected chi connectivity index (χ4v) is 1.58. The van der Waals surface area contributed by atoms with Gasteiger partial charge < -0.3 is 20.2 Å². The molecule has 1 fully saturated rings. The van der Waals surface area contributed by atoms with Gasteiger partial charge in [0, 0.05) is 6.61 Å². The maximum atomic E-state index is 5.55. The van der Waals surface area contributed by atoms with Crippen LogP contribution in [0.15, 0.2) is 4.42 Å². The lowest BCUT2D eigenvalue weighted by molar-refractivity contribution is 0.0311. The molecule has 0 bridgehead atoms. The third-order valence-electron chi connectivity index (χ3n) is 2.46. The van der Waals surface area contributed by atoms with Gasteiger partial charge in [-0.25, -0.2) is 0 Å². The van der Waals surface area contributed by atoms with Crippen LogP contribution >= 0.6 is 0 Å². The number of ether oxygens (including phenoxy) is 1. The van der Waals surface area contributed by atoms with Crippen molar-refractivity contribution in [2.45, 2.75) is 31.9 Å². The van der Waals surface area contributed by atoms with Gasteiger partial charge in [0.05, 0.1) is 11.6 Å². The number of nitrogens with zero attached hydrogens (tertiary/aromatic N) is 2. The van der Waals surface area contributed by atoms with Crippen LogP contribution in [0.5, 0.6) is 0 Å². The summed E-state index contributed by atoms with van der Waals surface area (Å²) in [5, 5.41) is 10.4. The summed E-state index contributed by atoms with van der Waals surface area (Å²) in [4.78, 5) is 0. The summed E-state index contributed by atoms with van der Waals surface area (Å²) in [6.07, 6.45) is 0.926. The van der Waals surface area contributed by atoms with E-state index in [1.165, 1.54) is 0 Å². The van der Waals surface area contributed by atoms with E-state index in [2.05, 4.69) is 15.5 Å². The molecule has 6 nitrogen and oxygen atoms in total. The number of nitrogens with one attached hydrogen (secondary N) is 1. The number of nitrogens with two attached hydrogens (primary N) is 1. The molecule has 3 N–H and O–H groups in total. The van der Waals surface area contributed by atoms with Crippen LogP contribution < -0.4 is 11.1 Å². The van der Waals surface area contributed by atoms with Gasteiger partial charge in [-0.15, -0.1) is 0 Å². The summed E-state index contributed by atoms with van der Waals surface area (Å²) >= 11 is 0. The Morgan fingerprint density at radius 1 is 1.50 bits per heavy atom. The number of hydrogen-bond acceptors (Lipinski definition) is 6. The summed E-state index contributed by atoms with van der Waals surface area (Å²) in [7, 11) is 0. The molecule has 1 aromatic heterocycles. The largest absolute Gasteiger partial charge is 0.390 e. The smallest absolute Gasteiger partial charge is 0.317 e. The van der Waals surface area contributed by atoms with Crippen molar-refractivity contribution in [2.75, 3.05) is 17.7 Å². The van der Waals surface area contributed by atoms with Crippen LogP contribution in [0.3, 0.4) is 0 Å². The van der Waals surface area contributed by atoms with Gasteiger partial charge >= 0.3 is 12.0 Å². The van der Waals surface area contributed by atoms with E-state index in [0.717, 1.165) is 13.0 Å². The van der Waals surface area contributed by atoms with Gasteiger partial charge in [0.25, 0.3) is 0 Å². The topological polar surface area (TPSA) is 86.2 Å². The van der Waals surface area contributed by atoms with Crippen molar-refractivity contribution < 1.29 is 9.15 Å². The van der Waals surface area contributed by atoms with E-state index in [1.807, 2.05) is 13.8 Å². The maximum Gasteiger partial charge on any atom is 0.317 e. The van der Waals surface area contributed by atoms with Crippen LogP contribution in [0.25, 0.3) is 0 Å². The molecule has 14 heavy (non-hydrogen) atoms. The highest BCUT2D eigenvalue weighted by molar-refractivity contribution is 5.26. The van der Waals surface area contributed by atoms with Gasteiger partial charge in [-0.2, -0.15) is 0 Å². The summed E-state index contributed by atoms with van der Waals surface area (Å²) < 4.78 is 10.6. The molecule has 1 saturated heterocycles. The van der Waals surface area contributed by atoms with E-state index < -0.39 is 0 Å². The zero-order valence-corrected chi connectivity index (χ0v) is 8.28. The second-order valence-electron chi connectivity index (χ2n) is 3.88. The molecule has 1 aromatic rings. The van der Waals surface area contributed by atoms with Crippen molar-refractivity contribution >= 4 is 12.0 Å². The minimum atomic E-state index is -0.205. The molecule has 6 heteroatoms. The van der Waals surface area contributed by atoms with Crippen molar-refractivity contribution in [2.24, 2.45) is 0 Å². The normalized spacial score (nSPS) is 25.1. The van der Waals surface area contributed by atoms with Crippen molar-refractivity contribution in [1.82, 2.24) is 10.2 Å². The first-order chi connectivity index (χ1) is 6.58. The second-order valence-corrected chi connectivity index (χ2v) is 3.88. The first-order valence-corrected chi connectivity index (χ1v) is 4.57. The predicted molar refractivity (Wildman–Crippen MR) is 50.8 cm³/mol. The zero-order valence-electron chi connectivity index (χ0n) is 8.28. The van der Waals surface area contributed by atoms with Crippen LogP contribution in [0.1, 0.15) is 20.3 Å². The summed E-state index contributed by atoms with van der Waals surface area (Å²) in [5.74, 6) is 0. The molecular formula is C8H14N4O2. The average Bonchev–Trinajstić information content (AvgIpc) is 2.61. The second kappa shape index (κ2) is 3.13. The molecule has 1 aliphatic heterocycles. The molecule has 78 valence electrons. The number of aromatic nitrogens is 2. The highest BCUT2D eigenvalue weighted by atomic mass is 16.5. The molecule has 0 amide bonds. The average molecular weight is 198 g/mol. The zero-order chi connectivity index (χ0) is 10.2. The molecule has 1 atom stereocenters. The lowest BCUT2D eigenvalue weighted by Crippen LogP contribution is -2.38. The number of nitrogen functional groups attached to an aromatic ring is 1. The van der Waals surface area contributed by atoms with Gasteiger partial charge in [-0.3, -0.25) is 0 Å². The lowest BCUT2D eigenvalue weighted by atomic mass is 9.99. The highest BCUT2D eigenvalue weighted by Gasteiger charge is 2.36. The van der Waals surface area contributed by atoms with Crippen LogP contribution in [-0.4, -0.2) is 28.4 Å². The van der Waals surface area contributed by atoms with E-state index in [0.29, 0.717) is 6.01 Å². The first-order valence-electron chi connectivity index (χ1n) is 4.57. The molecule has 0 aliphatic carbocycles. The standard InChI is InChI=1S/C8H14N4O2/c1-8(2)5(3-4-13-8)10-7-12-11-6(9)14-7/h5H,3-4H2,1-2H3,(H2,9,11)(H,10,12). The van der Waals surface area contributed by atoms with E-state index in [-0.39, 0.29) is 17.7 Å². The molecule has 0 saturated carbocycles.